The van der Waals surface area contributed by atoms with Gasteiger partial charge in [-0.2, -0.15) is 0 Å². The number of likely N-dealkylation sites (tertiary alicyclic amines) is 1. The number of aromatic nitrogens is 1. The third-order valence-corrected chi connectivity index (χ3v) is 9.05. The third-order valence-electron chi connectivity index (χ3n) is 6.72. The highest BCUT2D eigenvalue weighted by atomic mass is 35.5. The van der Waals surface area contributed by atoms with Crippen LogP contribution in [0.2, 0.25) is 5.02 Å². The molecule has 2 aromatic rings. The SMILES string of the molecule is O=S(=O)(Nc1cscn1)c1c(F)cc(N2CC[C@@]3(CCC3N3CCC3)C2)c(Cl)c1F. The Hall–Kier alpha value is -1.49. The minimum Gasteiger partial charge on any atom is -0.370 e. The van der Waals surface area contributed by atoms with E-state index in [-0.39, 0.29) is 21.9 Å². The molecule has 2 saturated heterocycles. The van der Waals surface area contributed by atoms with Crippen LogP contribution in [0.1, 0.15) is 25.7 Å². The summed E-state index contributed by atoms with van der Waals surface area (Å²) in [7, 11) is -4.50. The molecular weight excluding hydrogens is 454 g/mol. The molecule has 1 aromatic carbocycles. The second kappa shape index (κ2) is 7.29. The summed E-state index contributed by atoms with van der Waals surface area (Å²) in [6.07, 6.45) is 4.42. The summed E-state index contributed by atoms with van der Waals surface area (Å²) in [6.45, 7) is 3.56. The molecule has 11 heteroatoms. The molecule has 0 radical (unpaired) electrons. The normalized spacial score (nSPS) is 26.6. The summed E-state index contributed by atoms with van der Waals surface area (Å²) in [5.41, 5.74) is 1.76. The van der Waals surface area contributed by atoms with E-state index in [1.807, 2.05) is 4.90 Å². The van der Waals surface area contributed by atoms with Crippen LogP contribution in [0, 0.1) is 17.0 Å². The first-order valence-corrected chi connectivity index (χ1v) is 12.7. The van der Waals surface area contributed by atoms with Crippen LogP contribution in [0.3, 0.4) is 0 Å². The maximum atomic E-state index is 15.0. The van der Waals surface area contributed by atoms with Crippen LogP contribution in [-0.2, 0) is 10.0 Å². The molecule has 0 bridgehead atoms. The predicted molar refractivity (Wildman–Crippen MR) is 113 cm³/mol. The number of nitrogens with one attached hydrogen (secondary N) is 1. The fourth-order valence-corrected chi connectivity index (χ4v) is 7.00. The molecule has 1 aromatic heterocycles. The van der Waals surface area contributed by atoms with E-state index in [1.165, 1.54) is 17.3 Å². The van der Waals surface area contributed by atoms with E-state index >= 15 is 4.39 Å². The van der Waals surface area contributed by atoms with Gasteiger partial charge in [0.25, 0.3) is 10.0 Å². The Kier molecular flexibility index (Phi) is 4.96. The largest absolute Gasteiger partial charge is 0.370 e. The van der Waals surface area contributed by atoms with Crippen LogP contribution in [0.4, 0.5) is 20.3 Å². The number of hydrogen-bond donors (Lipinski definition) is 1. The van der Waals surface area contributed by atoms with Crippen molar-refractivity contribution in [3.63, 3.8) is 0 Å². The van der Waals surface area contributed by atoms with Crippen molar-refractivity contribution in [1.82, 2.24) is 9.88 Å². The van der Waals surface area contributed by atoms with Gasteiger partial charge in [-0.1, -0.05) is 11.6 Å². The lowest BCUT2D eigenvalue weighted by molar-refractivity contribution is -0.0427. The van der Waals surface area contributed by atoms with Crippen molar-refractivity contribution < 1.29 is 17.2 Å². The van der Waals surface area contributed by atoms with Gasteiger partial charge in [0.2, 0.25) is 0 Å². The lowest BCUT2D eigenvalue weighted by Gasteiger charge is -2.55. The van der Waals surface area contributed by atoms with Crippen molar-refractivity contribution in [1.29, 1.82) is 0 Å². The fourth-order valence-electron chi connectivity index (χ4n) is 4.98. The quantitative estimate of drug-likeness (QED) is 0.665. The number of nitrogens with zero attached hydrogens (tertiary/aromatic N) is 3. The summed E-state index contributed by atoms with van der Waals surface area (Å²) in [4.78, 5) is 7.10. The second-order valence-electron chi connectivity index (χ2n) is 8.29. The molecule has 2 aliphatic heterocycles. The maximum Gasteiger partial charge on any atom is 0.268 e. The highest BCUT2D eigenvalue weighted by Crippen LogP contribution is 2.53. The average molecular weight is 475 g/mol. The highest BCUT2D eigenvalue weighted by molar-refractivity contribution is 7.92. The summed E-state index contributed by atoms with van der Waals surface area (Å²) in [5.74, 6) is -2.44. The fraction of sp³-hybridized carbons (Fsp3) is 0.526. The van der Waals surface area contributed by atoms with E-state index in [0.717, 1.165) is 49.8 Å². The minimum absolute atomic E-state index is 0.00232. The van der Waals surface area contributed by atoms with Crippen LogP contribution in [0.15, 0.2) is 21.9 Å². The maximum absolute atomic E-state index is 15.0. The van der Waals surface area contributed by atoms with Crippen molar-refractivity contribution in [2.24, 2.45) is 5.41 Å². The van der Waals surface area contributed by atoms with E-state index in [2.05, 4.69) is 14.6 Å². The first-order chi connectivity index (χ1) is 14.3. The molecule has 2 atom stereocenters. The Balaban J connectivity index is 1.42. The van der Waals surface area contributed by atoms with Gasteiger partial charge in [-0.05, 0) is 38.8 Å². The molecule has 3 aliphatic rings. The second-order valence-corrected chi connectivity index (χ2v) is 11.0. The number of hydrogen-bond acceptors (Lipinski definition) is 6. The van der Waals surface area contributed by atoms with E-state index in [0.29, 0.717) is 19.1 Å². The Bertz CT molecular complexity index is 1080. The summed E-state index contributed by atoms with van der Waals surface area (Å²) in [5, 5.41) is 1.06. The van der Waals surface area contributed by atoms with Crippen molar-refractivity contribution in [3.05, 3.63) is 33.6 Å². The monoisotopic (exact) mass is 474 g/mol. The van der Waals surface area contributed by atoms with Crippen LogP contribution >= 0.6 is 22.9 Å². The van der Waals surface area contributed by atoms with Crippen molar-refractivity contribution in [3.8, 4) is 0 Å². The average Bonchev–Trinajstić information content (AvgIpc) is 3.30. The molecule has 1 spiro atoms. The standard InChI is InChI=1S/C19H21ClF2N4O2S2/c20-16-13(26-7-4-19(10-26)3-2-14(19)25-5-1-6-25)8-12(21)18(17(16)22)30(27,28)24-15-9-29-11-23-15/h8-9,11,14,24H,1-7,10H2/t14?,19-/m0/s1. The topological polar surface area (TPSA) is 65.5 Å². The molecule has 3 fully saturated rings. The van der Waals surface area contributed by atoms with Gasteiger partial charge in [-0.3, -0.25) is 9.62 Å². The molecule has 1 N–H and O–H groups in total. The Morgan fingerprint density at radius 2 is 2.07 bits per heavy atom. The van der Waals surface area contributed by atoms with E-state index in [4.69, 9.17) is 11.6 Å². The van der Waals surface area contributed by atoms with Gasteiger partial charge in [0.1, 0.15) is 10.8 Å². The number of sulfonamides is 1. The highest BCUT2D eigenvalue weighted by Gasteiger charge is 2.54. The first kappa shape index (κ1) is 20.4. The molecule has 3 heterocycles. The Morgan fingerprint density at radius 1 is 1.27 bits per heavy atom. The van der Waals surface area contributed by atoms with E-state index in [1.54, 1.807) is 0 Å². The van der Waals surface area contributed by atoms with Gasteiger partial charge >= 0.3 is 0 Å². The zero-order valence-electron chi connectivity index (χ0n) is 16.1. The van der Waals surface area contributed by atoms with Crippen molar-refractivity contribution in [2.75, 3.05) is 35.8 Å². The number of benzene rings is 1. The van der Waals surface area contributed by atoms with Crippen LogP contribution in [-0.4, -0.2) is 50.5 Å². The molecule has 1 aliphatic carbocycles. The number of halogens is 3. The van der Waals surface area contributed by atoms with Gasteiger partial charge < -0.3 is 4.90 Å². The summed E-state index contributed by atoms with van der Waals surface area (Å²) in [6, 6.07) is 1.56. The Labute approximate surface area is 182 Å². The molecule has 1 saturated carbocycles. The van der Waals surface area contributed by atoms with E-state index in [9.17, 15) is 12.8 Å². The van der Waals surface area contributed by atoms with Gasteiger partial charge in [0.05, 0.1) is 11.2 Å². The molecule has 162 valence electrons. The minimum atomic E-state index is -4.50. The van der Waals surface area contributed by atoms with Crippen LogP contribution in [0.25, 0.3) is 0 Å². The zero-order valence-corrected chi connectivity index (χ0v) is 18.5. The van der Waals surface area contributed by atoms with Gasteiger partial charge in [0.15, 0.2) is 16.5 Å². The number of anilines is 2. The molecule has 6 nitrogen and oxygen atoms in total. The molecule has 5 rings (SSSR count). The third kappa shape index (κ3) is 3.19. The summed E-state index contributed by atoms with van der Waals surface area (Å²) >= 11 is 7.39. The first-order valence-electron chi connectivity index (χ1n) is 9.88. The summed E-state index contributed by atoms with van der Waals surface area (Å²) < 4.78 is 57.0. The molecular formula is C19H21ClF2N4O2S2. The lowest BCUT2D eigenvalue weighted by atomic mass is 9.62. The number of rotatable bonds is 5. The smallest absolute Gasteiger partial charge is 0.268 e. The predicted octanol–water partition coefficient (Wildman–Crippen LogP) is 3.94. The number of thiazole rings is 1. The van der Waals surface area contributed by atoms with Gasteiger partial charge in [-0.15, -0.1) is 11.3 Å². The molecule has 0 amide bonds. The molecule has 30 heavy (non-hydrogen) atoms. The Morgan fingerprint density at radius 3 is 2.67 bits per heavy atom. The zero-order chi connectivity index (χ0) is 21.1. The van der Waals surface area contributed by atoms with Crippen LogP contribution < -0.4 is 9.62 Å². The lowest BCUT2D eigenvalue weighted by Crippen LogP contribution is -2.60. The van der Waals surface area contributed by atoms with Crippen molar-refractivity contribution in [2.45, 2.75) is 36.6 Å². The van der Waals surface area contributed by atoms with Crippen molar-refractivity contribution >= 4 is 44.5 Å². The van der Waals surface area contributed by atoms with Gasteiger partial charge in [0, 0.05) is 36.0 Å². The van der Waals surface area contributed by atoms with E-state index < -0.39 is 26.6 Å². The van der Waals surface area contributed by atoms with Gasteiger partial charge in [-0.25, -0.2) is 22.2 Å². The van der Waals surface area contributed by atoms with Crippen LogP contribution in [0.5, 0.6) is 0 Å². The molecule has 1 unspecified atom stereocenters.